The van der Waals surface area contributed by atoms with Gasteiger partial charge in [-0.15, -0.1) is 0 Å². The molecule has 0 spiro atoms. The minimum atomic E-state index is -0.699. The van der Waals surface area contributed by atoms with Gasteiger partial charge in [0.15, 0.2) is 0 Å². The van der Waals surface area contributed by atoms with Gasteiger partial charge < -0.3 is 5.32 Å². The summed E-state index contributed by atoms with van der Waals surface area (Å²) in [5.74, 6) is -1.26. The first-order valence-electron chi connectivity index (χ1n) is 4.72. The zero-order valence-electron chi connectivity index (χ0n) is 8.98. The van der Waals surface area contributed by atoms with Gasteiger partial charge in [-0.1, -0.05) is 19.9 Å². The van der Waals surface area contributed by atoms with Gasteiger partial charge in [0, 0.05) is 18.0 Å². The van der Waals surface area contributed by atoms with Crippen LogP contribution in [0.25, 0.3) is 0 Å². The van der Waals surface area contributed by atoms with E-state index in [9.17, 15) is 13.6 Å². The first-order valence-corrected chi connectivity index (χ1v) is 5.09. The van der Waals surface area contributed by atoms with E-state index in [4.69, 9.17) is 11.6 Å². The van der Waals surface area contributed by atoms with Gasteiger partial charge >= 0.3 is 5.37 Å². The maximum absolute atomic E-state index is 13.5. The van der Waals surface area contributed by atoms with Crippen molar-refractivity contribution < 1.29 is 13.6 Å². The molecule has 2 nitrogen and oxygen atoms in total. The van der Waals surface area contributed by atoms with Crippen LogP contribution in [-0.4, -0.2) is 11.9 Å². The smallest absolute Gasteiger partial charge is 0.313 e. The summed E-state index contributed by atoms with van der Waals surface area (Å²) in [4.78, 5) is 10.6. The number of benzene rings is 1. The Morgan fingerprint density at radius 2 is 2.06 bits per heavy atom. The van der Waals surface area contributed by atoms with E-state index in [0.717, 1.165) is 6.07 Å². The van der Waals surface area contributed by atoms with E-state index in [2.05, 4.69) is 5.32 Å². The Balaban J connectivity index is 2.92. The predicted octanol–water partition coefficient (Wildman–Crippen LogP) is 3.19. The molecular formula is C11H12ClF2NO. The Labute approximate surface area is 97.6 Å². The number of halogens is 3. The standard InChI is InChI=1S/C11H12ClF2NO/c1-11(2,6-15-10(12)16)8-4-3-7(13)5-9(8)14/h3-5H,6H2,1-2H3,(H,15,16). The summed E-state index contributed by atoms with van der Waals surface area (Å²) in [6.45, 7) is 3.64. The topological polar surface area (TPSA) is 29.1 Å². The molecule has 0 unspecified atom stereocenters. The summed E-state index contributed by atoms with van der Waals surface area (Å²) >= 11 is 5.13. The SMILES string of the molecule is CC(C)(CNC(=O)Cl)c1ccc(F)cc1F. The monoisotopic (exact) mass is 247 g/mol. The van der Waals surface area contributed by atoms with Gasteiger partial charge in [0.2, 0.25) is 0 Å². The molecule has 0 bridgehead atoms. The first-order chi connectivity index (χ1) is 7.33. The van der Waals surface area contributed by atoms with Crippen LogP contribution in [0.2, 0.25) is 0 Å². The third kappa shape index (κ3) is 3.17. The molecule has 88 valence electrons. The number of carbonyl (C=O) groups excluding carboxylic acids is 1. The molecule has 0 heterocycles. The van der Waals surface area contributed by atoms with E-state index in [0.29, 0.717) is 5.56 Å². The lowest BCUT2D eigenvalue weighted by Gasteiger charge is -2.25. The van der Waals surface area contributed by atoms with E-state index in [1.165, 1.54) is 12.1 Å². The summed E-state index contributed by atoms with van der Waals surface area (Å²) in [7, 11) is 0. The van der Waals surface area contributed by atoms with Gasteiger partial charge in [-0.25, -0.2) is 8.78 Å². The molecular weight excluding hydrogens is 236 g/mol. The Kier molecular flexibility index (Phi) is 3.86. The number of carbonyl (C=O) groups is 1. The van der Waals surface area contributed by atoms with Crippen molar-refractivity contribution in [3.63, 3.8) is 0 Å². The van der Waals surface area contributed by atoms with Crippen molar-refractivity contribution in [3.8, 4) is 0 Å². The van der Waals surface area contributed by atoms with Crippen LogP contribution in [0.15, 0.2) is 18.2 Å². The fourth-order valence-electron chi connectivity index (χ4n) is 1.42. The van der Waals surface area contributed by atoms with E-state index >= 15 is 0 Å². The maximum atomic E-state index is 13.5. The summed E-state index contributed by atoms with van der Waals surface area (Å²) in [5, 5.41) is 1.69. The highest BCUT2D eigenvalue weighted by Gasteiger charge is 2.24. The van der Waals surface area contributed by atoms with Gasteiger partial charge in [0.05, 0.1) is 0 Å². The molecule has 0 radical (unpaired) electrons. The van der Waals surface area contributed by atoms with Crippen molar-refractivity contribution in [2.45, 2.75) is 19.3 Å². The van der Waals surface area contributed by atoms with E-state index in [1.54, 1.807) is 13.8 Å². The van der Waals surface area contributed by atoms with Gasteiger partial charge in [-0.05, 0) is 23.2 Å². The Bertz CT molecular complexity index is 407. The lowest BCUT2D eigenvalue weighted by atomic mass is 9.84. The Morgan fingerprint density at radius 1 is 1.44 bits per heavy atom. The molecule has 0 aliphatic carbocycles. The van der Waals surface area contributed by atoms with Gasteiger partial charge in [0.1, 0.15) is 11.6 Å². The molecule has 0 saturated heterocycles. The summed E-state index contributed by atoms with van der Waals surface area (Å²) in [6, 6.07) is 3.37. The van der Waals surface area contributed by atoms with Gasteiger partial charge in [0.25, 0.3) is 0 Å². The first kappa shape index (κ1) is 12.9. The number of rotatable bonds is 3. The lowest BCUT2D eigenvalue weighted by molar-refractivity contribution is 0.257. The second-order valence-corrected chi connectivity index (χ2v) is 4.48. The van der Waals surface area contributed by atoms with Crippen LogP contribution in [0.1, 0.15) is 19.4 Å². The van der Waals surface area contributed by atoms with Crippen molar-refractivity contribution in [2.24, 2.45) is 0 Å². The molecule has 1 rings (SSSR count). The summed E-state index contributed by atoms with van der Waals surface area (Å²) < 4.78 is 26.2. The number of amides is 1. The molecule has 1 amide bonds. The largest absolute Gasteiger partial charge is 0.342 e. The highest BCUT2D eigenvalue weighted by atomic mass is 35.5. The highest BCUT2D eigenvalue weighted by Crippen LogP contribution is 2.25. The summed E-state index contributed by atoms with van der Waals surface area (Å²) in [5.41, 5.74) is -0.318. The molecule has 1 N–H and O–H groups in total. The molecule has 0 atom stereocenters. The minimum absolute atomic E-state index is 0.178. The van der Waals surface area contributed by atoms with Crippen LogP contribution in [0, 0.1) is 11.6 Å². The Morgan fingerprint density at radius 3 is 2.56 bits per heavy atom. The lowest BCUT2D eigenvalue weighted by Crippen LogP contribution is -2.34. The Hall–Kier alpha value is -1.16. The fourth-order valence-corrected chi connectivity index (χ4v) is 1.49. The van der Waals surface area contributed by atoms with Crippen LogP contribution in [0.4, 0.5) is 13.6 Å². The second kappa shape index (κ2) is 4.78. The fraction of sp³-hybridized carbons (Fsp3) is 0.364. The van der Waals surface area contributed by atoms with Crippen molar-refractivity contribution in [3.05, 3.63) is 35.4 Å². The molecule has 0 aliphatic heterocycles. The molecule has 0 saturated carbocycles. The average Bonchev–Trinajstić information content (AvgIpc) is 2.14. The molecule has 0 fully saturated rings. The van der Waals surface area contributed by atoms with Crippen molar-refractivity contribution in [1.29, 1.82) is 0 Å². The quantitative estimate of drug-likeness (QED) is 0.645. The third-order valence-corrected chi connectivity index (χ3v) is 2.46. The number of hydrogen-bond donors (Lipinski definition) is 1. The number of nitrogens with one attached hydrogen (secondary N) is 1. The minimum Gasteiger partial charge on any atom is -0.342 e. The van der Waals surface area contributed by atoms with Crippen LogP contribution in [0.3, 0.4) is 0 Å². The summed E-state index contributed by atoms with van der Waals surface area (Å²) in [6.07, 6.45) is 0. The highest BCUT2D eigenvalue weighted by molar-refractivity contribution is 6.62. The van der Waals surface area contributed by atoms with Crippen molar-refractivity contribution >= 4 is 17.0 Å². The van der Waals surface area contributed by atoms with Crippen molar-refractivity contribution in [2.75, 3.05) is 6.54 Å². The molecule has 0 aliphatic rings. The van der Waals surface area contributed by atoms with Crippen LogP contribution >= 0.6 is 11.6 Å². The maximum Gasteiger partial charge on any atom is 0.313 e. The van der Waals surface area contributed by atoms with Crippen LogP contribution in [0.5, 0.6) is 0 Å². The second-order valence-electron chi connectivity index (χ2n) is 4.14. The van der Waals surface area contributed by atoms with E-state index in [-0.39, 0.29) is 6.54 Å². The molecule has 1 aromatic rings. The molecule has 1 aromatic carbocycles. The molecule has 0 aromatic heterocycles. The van der Waals surface area contributed by atoms with Crippen LogP contribution < -0.4 is 5.32 Å². The van der Waals surface area contributed by atoms with Crippen molar-refractivity contribution in [1.82, 2.24) is 5.32 Å². The zero-order chi connectivity index (χ0) is 12.3. The van der Waals surface area contributed by atoms with E-state index in [1.807, 2.05) is 0 Å². The van der Waals surface area contributed by atoms with Gasteiger partial charge in [-0.2, -0.15) is 0 Å². The number of hydrogen-bond acceptors (Lipinski definition) is 1. The molecule has 5 heteroatoms. The zero-order valence-corrected chi connectivity index (χ0v) is 9.74. The van der Waals surface area contributed by atoms with Gasteiger partial charge in [-0.3, -0.25) is 4.79 Å². The van der Waals surface area contributed by atoms with Crippen LogP contribution in [-0.2, 0) is 5.41 Å². The molecule has 16 heavy (non-hydrogen) atoms. The normalized spacial score (nSPS) is 11.3. The average molecular weight is 248 g/mol. The van der Waals surface area contributed by atoms with E-state index < -0.39 is 22.4 Å². The third-order valence-electron chi connectivity index (χ3n) is 2.33. The predicted molar refractivity (Wildman–Crippen MR) is 58.6 cm³/mol.